The molecule has 0 saturated carbocycles. The van der Waals surface area contributed by atoms with Crippen LogP contribution in [0.15, 0.2) is 18.2 Å². The van der Waals surface area contributed by atoms with Gasteiger partial charge in [-0.25, -0.2) is 8.78 Å². The fraction of sp³-hybridized carbons (Fsp3) is 0.462. The molecule has 0 saturated heterocycles. The molecular formula is C13H17F2NO2. The average Bonchev–Trinajstić information content (AvgIpc) is 2.31. The van der Waals surface area contributed by atoms with Gasteiger partial charge in [-0.3, -0.25) is 4.79 Å². The summed E-state index contributed by atoms with van der Waals surface area (Å²) in [5.41, 5.74) is 0.629. The van der Waals surface area contributed by atoms with Crippen LogP contribution in [-0.4, -0.2) is 18.6 Å². The van der Waals surface area contributed by atoms with Crippen LogP contribution < -0.4 is 5.32 Å². The van der Waals surface area contributed by atoms with Gasteiger partial charge >= 0.3 is 5.97 Å². The monoisotopic (exact) mass is 257 g/mol. The molecule has 1 unspecified atom stereocenters. The maximum absolute atomic E-state index is 12.9. The largest absolute Gasteiger partial charge is 0.466 e. The third-order valence-corrected chi connectivity index (χ3v) is 2.42. The summed E-state index contributed by atoms with van der Waals surface area (Å²) >= 11 is 0. The summed E-state index contributed by atoms with van der Waals surface area (Å²) in [6.45, 7) is 4.31. The number of rotatable bonds is 6. The summed E-state index contributed by atoms with van der Waals surface area (Å²) in [6, 6.07) is 3.64. The first-order chi connectivity index (χ1) is 8.52. The molecule has 1 rings (SSSR count). The van der Waals surface area contributed by atoms with Crippen LogP contribution in [-0.2, 0) is 16.1 Å². The summed E-state index contributed by atoms with van der Waals surface area (Å²) in [7, 11) is 0. The van der Waals surface area contributed by atoms with Crippen LogP contribution >= 0.6 is 0 Å². The van der Waals surface area contributed by atoms with Crippen molar-refractivity contribution >= 4 is 5.97 Å². The van der Waals surface area contributed by atoms with E-state index in [0.717, 1.165) is 12.1 Å². The zero-order valence-corrected chi connectivity index (χ0v) is 10.5. The van der Waals surface area contributed by atoms with E-state index in [0.29, 0.717) is 18.7 Å². The molecule has 0 amide bonds. The number of carbonyl (C=O) groups excluding carboxylic acids is 1. The Morgan fingerprint density at radius 1 is 1.39 bits per heavy atom. The Hall–Kier alpha value is -1.49. The first-order valence-corrected chi connectivity index (χ1v) is 5.85. The Morgan fingerprint density at radius 3 is 2.72 bits per heavy atom. The van der Waals surface area contributed by atoms with Crippen molar-refractivity contribution in [3.05, 3.63) is 35.4 Å². The van der Waals surface area contributed by atoms with E-state index >= 15 is 0 Å². The van der Waals surface area contributed by atoms with Crippen molar-refractivity contribution in [2.45, 2.75) is 32.9 Å². The second kappa shape index (κ2) is 7.06. The van der Waals surface area contributed by atoms with E-state index in [-0.39, 0.29) is 18.4 Å². The average molecular weight is 257 g/mol. The molecule has 0 spiro atoms. The van der Waals surface area contributed by atoms with Crippen LogP contribution in [0.25, 0.3) is 0 Å². The maximum atomic E-state index is 12.9. The quantitative estimate of drug-likeness (QED) is 0.795. The number of halogens is 2. The summed E-state index contributed by atoms with van der Waals surface area (Å²) in [6.07, 6.45) is 0.248. The minimum Gasteiger partial charge on any atom is -0.466 e. The zero-order chi connectivity index (χ0) is 13.5. The maximum Gasteiger partial charge on any atom is 0.307 e. The normalized spacial score (nSPS) is 12.2. The SMILES string of the molecule is CCOC(=O)CC(C)NCc1ccc(F)c(F)c1. The first-order valence-electron chi connectivity index (χ1n) is 5.85. The fourth-order valence-corrected chi connectivity index (χ4v) is 1.48. The molecule has 1 atom stereocenters. The van der Waals surface area contributed by atoms with Crippen LogP contribution in [0.3, 0.4) is 0 Å². The lowest BCUT2D eigenvalue weighted by Gasteiger charge is -2.13. The number of hydrogen-bond donors (Lipinski definition) is 1. The van der Waals surface area contributed by atoms with E-state index in [1.807, 2.05) is 6.92 Å². The lowest BCUT2D eigenvalue weighted by atomic mass is 10.2. The highest BCUT2D eigenvalue weighted by Gasteiger charge is 2.09. The Labute approximate surface area is 105 Å². The van der Waals surface area contributed by atoms with Crippen LogP contribution in [0.1, 0.15) is 25.8 Å². The molecule has 1 aromatic rings. The van der Waals surface area contributed by atoms with Gasteiger partial charge in [-0.2, -0.15) is 0 Å². The van der Waals surface area contributed by atoms with E-state index in [2.05, 4.69) is 5.32 Å². The second-order valence-electron chi connectivity index (χ2n) is 4.04. The van der Waals surface area contributed by atoms with Crippen molar-refractivity contribution in [2.24, 2.45) is 0 Å². The first kappa shape index (κ1) is 14.6. The molecule has 0 aliphatic heterocycles. The van der Waals surface area contributed by atoms with Crippen molar-refractivity contribution in [1.29, 1.82) is 0 Å². The van der Waals surface area contributed by atoms with Gasteiger partial charge in [0.15, 0.2) is 11.6 Å². The van der Waals surface area contributed by atoms with Crippen molar-refractivity contribution in [3.63, 3.8) is 0 Å². The second-order valence-corrected chi connectivity index (χ2v) is 4.04. The van der Waals surface area contributed by atoms with E-state index in [1.165, 1.54) is 6.07 Å². The van der Waals surface area contributed by atoms with Gasteiger partial charge in [-0.05, 0) is 31.5 Å². The van der Waals surface area contributed by atoms with Gasteiger partial charge in [0.05, 0.1) is 13.0 Å². The van der Waals surface area contributed by atoms with Gasteiger partial charge in [0, 0.05) is 12.6 Å². The standard InChI is InChI=1S/C13H17F2NO2/c1-3-18-13(17)6-9(2)16-8-10-4-5-11(14)12(15)7-10/h4-5,7,9,16H,3,6,8H2,1-2H3. The van der Waals surface area contributed by atoms with Gasteiger partial charge in [0.25, 0.3) is 0 Å². The zero-order valence-electron chi connectivity index (χ0n) is 10.5. The van der Waals surface area contributed by atoms with Gasteiger partial charge in [0.1, 0.15) is 0 Å². The molecule has 100 valence electrons. The lowest BCUT2D eigenvalue weighted by Crippen LogP contribution is -2.28. The van der Waals surface area contributed by atoms with Crippen LogP contribution in [0.4, 0.5) is 8.78 Å². The molecule has 0 heterocycles. The number of carbonyl (C=O) groups is 1. The molecule has 0 radical (unpaired) electrons. The number of hydrogen-bond acceptors (Lipinski definition) is 3. The molecule has 1 aromatic carbocycles. The molecular weight excluding hydrogens is 240 g/mol. The Bertz CT molecular complexity index is 410. The van der Waals surface area contributed by atoms with E-state index in [4.69, 9.17) is 4.74 Å². The Balaban J connectivity index is 2.40. The third kappa shape index (κ3) is 4.79. The highest BCUT2D eigenvalue weighted by atomic mass is 19.2. The van der Waals surface area contributed by atoms with Crippen LogP contribution in [0.5, 0.6) is 0 Å². The molecule has 0 aromatic heterocycles. The Kier molecular flexibility index (Phi) is 5.71. The minimum absolute atomic E-state index is 0.0860. The summed E-state index contributed by atoms with van der Waals surface area (Å²) in [5, 5.41) is 3.04. The van der Waals surface area contributed by atoms with Crippen LogP contribution in [0.2, 0.25) is 0 Å². The lowest BCUT2D eigenvalue weighted by molar-refractivity contribution is -0.143. The molecule has 0 aliphatic carbocycles. The highest BCUT2D eigenvalue weighted by Crippen LogP contribution is 2.08. The van der Waals surface area contributed by atoms with Gasteiger partial charge < -0.3 is 10.1 Å². The van der Waals surface area contributed by atoms with Crippen molar-refractivity contribution < 1.29 is 18.3 Å². The number of esters is 1. The molecule has 0 fully saturated rings. The Morgan fingerprint density at radius 2 is 2.11 bits per heavy atom. The smallest absolute Gasteiger partial charge is 0.307 e. The highest BCUT2D eigenvalue weighted by molar-refractivity contribution is 5.69. The third-order valence-electron chi connectivity index (χ3n) is 2.42. The van der Waals surface area contributed by atoms with Crippen LogP contribution in [0, 0.1) is 11.6 Å². The van der Waals surface area contributed by atoms with E-state index in [9.17, 15) is 13.6 Å². The number of nitrogens with one attached hydrogen (secondary N) is 1. The number of benzene rings is 1. The van der Waals surface area contributed by atoms with Crippen molar-refractivity contribution in [2.75, 3.05) is 6.61 Å². The summed E-state index contributed by atoms with van der Waals surface area (Å²) in [4.78, 5) is 11.2. The molecule has 3 nitrogen and oxygen atoms in total. The minimum atomic E-state index is -0.868. The molecule has 0 bridgehead atoms. The van der Waals surface area contributed by atoms with Crippen molar-refractivity contribution in [1.82, 2.24) is 5.32 Å². The van der Waals surface area contributed by atoms with Gasteiger partial charge in [-0.15, -0.1) is 0 Å². The molecule has 1 N–H and O–H groups in total. The topological polar surface area (TPSA) is 38.3 Å². The number of ether oxygens (including phenoxy) is 1. The predicted octanol–water partition coefficient (Wildman–Crippen LogP) is 2.40. The van der Waals surface area contributed by atoms with Crippen molar-refractivity contribution in [3.8, 4) is 0 Å². The molecule has 0 aliphatic rings. The van der Waals surface area contributed by atoms with Gasteiger partial charge in [0.2, 0.25) is 0 Å². The summed E-state index contributed by atoms with van der Waals surface area (Å²) < 4.78 is 30.4. The molecule has 18 heavy (non-hydrogen) atoms. The molecule has 5 heteroatoms. The van der Waals surface area contributed by atoms with Gasteiger partial charge in [-0.1, -0.05) is 6.07 Å². The fourth-order valence-electron chi connectivity index (χ4n) is 1.48. The summed E-state index contributed by atoms with van der Waals surface area (Å²) in [5.74, 6) is -2.01. The van der Waals surface area contributed by atoms with E-state index in [1.54, 1.807) is 6.92 Å². The van der Waals surface area contributed by atoms with E-state index < -0.39 is 11.6 Å². The predicted molar refractivity (Wildman–Crippen MR) is 63.9 cm³/mol.